The van der Waals surface area contributed by atoms with Crippen LogP contribution in [-0.4, -0.2) is 23.5 Å². The molecule has 0 unspecified atom stereocenters. The van der Waals surface area contributed by atoms with Gasteiger partial charge in [0.05, 0.1) is 5.56 Å². The van der Waals surface area contributed by atoms with Gasteiger partial charge in [0.1, 0.15) is 0 Å². The fourth-order valence-electron chi connectivity index (χ4n) is 2.79. The zero-order chi connectivity index (χ0) is 19.3. The molecule has 136 valence electrons. The minimum Gasteiger partial charge on any atom is -0.478 e. The highest BCUT2D eigenvalue weighted by atomic mass is 16.4. The van der Waals surface area contributed by atoms with Crippen LogP contribution in [0.5, 0.6) is 0 Å². The second-order valence-electron chi connectivity index (χ2n) is 6.64. The Morgan fingerprint density at radius 3 is 2.42 bits per heavy atom. The van der Waals surface area contributed by atoms with E-state index in [2.05, 4.69) is 11.9 Å². The number of carboxylic acid groups (broad SMARTS) is 1. The van der Waals surface area contributed by atoms with Gasteiger partial charge in [-0.15, -0.1) is 0 Å². The Balaban J connectivity index is 2.49. The van der Waals surface area contributed by atoms with Crippen molar-refractivity contribution in [2.75, 3.05) is 6.54 Å². The summed E-state index contributed by atoms with van der Waals surface area (Å²) >= 11 is 0. The number of hydrogen-bond acceptors (Lipinski definition) is 2. The average molecular weight is 351 g/mol. The summed E-state index contributed by atoms with van der Waals surface area (Å²) in [5, 5.41) is 12.5. The second kappa shape index (κ2) is 8.48. The van der Waals surface area contributed by atoms with Crippen LogP contribution in [-0.2, 0) is 6.42 Å². The van der Waals surface area contributed by atoms with Crippen molar-refractivity contribution >= 4 is 18.0 Å². The minimum absolute atomic E-state index is 0.128. The molecule has 2 N–H and O–H groups in total. The molecule has 0 heterocycles. The Kier molecular flexibility index (Phi) is 6.34. The van der Waals surface area contributed by atoms with Crippen molar-refractivity contribution in [3.05, 3.63) is 65.2 Å². The first-order valence-corrected chi connectivity index (χ1v) is 8.78. The number of carbonyl (C=O) groups excluding carboxylic acids is 1. The molecule has 4 nitrogen and oxygen atoms in total. The van der Waals surface area contributed by atoms with Crippen molar-refractivity contribution in [3.63, 3.8) is 0 Å². The standard InChI is InChI=1S/C22H25NO3/c1-5-15-7-9-18(16(6-2)11-15)19-10-8-17(12-20(19)22(25)26)21(24)23-13-14(3)4/h5,7-12,14H,1,6,13H2,2-4H3,(H,23,24)(H,25,26). The number of hydrogen-bond donors (Lipinski definition) is 2. The van der Waals surface area contributed by atoms with E-state index in [9.17, 15) is 14.7 Å². The summed E-state index contributed by atoms with van der Waals surface area (Å²) in [4.78, 5) is 24.1. The predicted molar refractivity (Wildman–Crippen MR) is 105 cm³/mol. The monoisotopic (exact) mass is 351 g/mol. The van der Waals surface area contributed by atoms with Gasteiger partial charge in [0.2, 0.25) is 0 Å². The van der Waals surface area contributed by atoms with E-state index in [0.29, 0.717) is 23.6 Å². The molecule has 0 fully saturated rings. The van der Waals surface area contributed by atoms with E-state index in [4.69, 9.17) is 0 Å². The van der Waals surface area contributed by atoms with Gasteiger partial charge in [-0.05, 0) is 46.7 Å². The summed E-state index contributed by atoms with van der Waals surface area (Å²) in [6, 6.07) is 10.7. The van der Waals surface area contributed by atoms with Gasteiger partial charge in [-0.25, -0.2) is 4.79 Å². The number of carboxylic acids is 1. The van der Waals surface area contributed by atoms with Crippen molar-refractivity contribution < 1.29 is 14.7 Å². The third kappa shape index (κ3) is 4.39. The van der Waals surface area contributed by atoms with E-state index in [1.165, 1.54) is 6.07 Å². The Hall–Kier alpha value is -2.88. The smallest absolute Gasteiger partial charge is 0.336 e. The lowest BCUT2D eigenvalue weighted by molar-refractivity contribution is 0.0697. The molecule has 0 saturated carbocycles. The third-order valence-corrected chi connectivity index (χ3v) is 4.22. The number of amides is 1. The highest BCUT2D eigenvalue weighted by Gasteiger charge is 2.17. The summed E-state index contributed by atoms with van der Waals surface area (Å²) in [5.41, 5.74) is 4.00. The fourth-order valence-corrected chi connectivity index (χ4v) is 2.79. The topological polar surface area (TPSA) is 66.4 Å². The van der Waals surface area contributed by atoms with E-state index in [1.54, 1.807) is 18.2 Å². The second-order valence-corrected chi connectivity index (χ2v) is 6.64. The Morgan fingerprint density at radius 2 is 1.85 bits per heavy atom. The van der Waals surface area contributed by atoms with E-state index < -0.39 is 5.97 Å². The predicted octanol–water partition coefficient (Wildman–Crippen LogP) is 4.64. The molecule has 4 heteroatoms. The van der Waals surface area contributed by atoms with Crippen molar-refractivity contribution in [2.45, 2.75) is 27.2 Å². The van der Waals surface area contributed by atoms with E-state index >= 15 is 0 Å². The largest absolute Gasteiger partial charge is 0.478 e. The summed E-state index contributed by atoms with van der Waals surface area (Å²) in [5.74, 6) is -0.980. The van der Waals surface area contributed by atoms with Crippen molar-refractivity contribution in [2.24, 2.45) is 5.92 Å². The SMILES string of the molecule is C=Cc1ccc(-c2ccc(C(=O)NCC(C)C)cc2C(=O)O)c(CC)c1. The van der Waals surface area contributed by atoms with Crippen molar-refractivity contribution in [1.29, 1.82) is 0 Å². The molecule has 2 aromatic carbocycles. The number of nitrogens with one attached hydrogen (secondary N) is 1. The van der Waals surface area contributed by atoms with Crippen molar-refractivity contribution in [1.82, 2.24) is 5.32 Å². The Bertz CT molecular complexity index is 837. The number of aromatic carboxylic acids is 1. The molecule has 0 radical (unpaired) electrons. The maximum absolute atomic E-state index is 12.3. The van der Waals surface area contributed by atoms with Crippen LogP contribution in [0.2, 0.25) is 0 Å². The molecule has 0 spiro atoms. The maximum Gasteiger partial charge on any atom is 0.336 e. The van der Waals surface area contributed by atoms with Crippen LogP contribution in [0.25, 0.3) is 17.2 Å². The van der Waals surface area contributed by atoms with Gasteiger partial charge >= 0.3 is 5.97 Å². The summed E-state index contributed by atoms with van der Waals surface area (Å²) in [7, 11) is 0. The summed E-state index contributed by atoms with van der Waals surface area (Å²) < 4.78 is 0. The van der Waals surface area contributed by atoms with Gasteiger partial charge in [-0.3, -0.25) is 4.79 Å². The molecule has 2 rings (SSSR count). The molecule has 2 aromatic rings. The first kappa shape index (κ1) is 19.4. The third-order valence-electron chi connectivity index (χ3n) is 4.22. The van der Waals surface area contributed by atoms with E-state index in [-0.39, 0.29) is 11.5 Å². The van der Waals surface area contributed by atoms with Crippen LogP contribution in [0.3, 0.4) is 0 Å². The van der Waals surface area contributed by atoms with Crippen molar-refractivity contribution in [3.8, 4) is 11.1 Å². The molecule has 0 aliphatic heterocycles. The van der Waals surface area contributed by atoms with Gasteiger partial charge in [0, 0.05) is 12.1 Å². The minimum atomic E-state index is -1.05. The van der Waals surface area contributed by atoms with E-state index in [1.807, 2.05) is 39.0 Å². The lowest BCUT2D eigenvalue weighted by Crippen LogP contribution is -2.27. The van der Waals surface area contributed by atoms with E-state index in [0.717, 1.165) is 23.1 Å². The lowest BCUT2D eigenvalue weighted by Gasteiger charge is -2.14. The first-order valence-electron chi connectivity index (χ1n) is 8.78. The molecule has 1 amide bonds. The van der Waals surface area contributed by atoms with Crippen LogP contribution in [0.15, 0.2) is 43.0 Å². The highest BCUT2D eigenvalue weighted by molar-refractivity contribution is 6.01. The van der Waals surface area contributed by atoms with Gasteiger partial charge in [0.25, 0.3) is 5.91 Å². The Morgan fingerprint density at radius 1 is 1.15 bits per heavy atom. The first-order chi connectivity index (χ1) is 12.4. The molecular formula is C22H25NO3. The van der Waals surface area contributed by atoms with Gasteiger partial charge < -0.3 is 10.4 Å². The van der Waals surface area contributed by atoms with Crippen LogP contribution in [0.1, 0.15) is 52.6 Å². The molecular weight excluding hydrogens is 326 g/mol. The molecule has 26 heavy (non-hydrogen) atoms. The fraction of sp³-hybridized carbons (Fsp3) is 0.273. The number of aryl methyl sites for hydroxylation is 1. The molecule has 0 aliphatic carbocycles. The van der Waals surface area contributed by atoms with Gasteiger partial charge in [0.15, 0.2) is 0 Å². The lowest BCUT2D eigenvalue weighted by atomic mass is 9.91. The Labute approximate surface area is 154 Å². The molecule has 0 aromatic heterocycles. The van der Waals surface area contributed by atoms with Crippen LogP contribution in [0.4, 0.5) is 0 Å². The molecule has 0 aliphatic rings. The number of benzene rings is 2. The number of carbonyl (C=O) groups is 2. The highest BCUT2D eigenvalue weighted by Crippen LogP contribution is 2.30. The average Bonchev–Trinajstić information content (AvgIpc) is 2.64. The summed E-state index contributed by atoms with van der Waals surface area (Å²) in [6.07, 6.45) is 2.54. The van der Waals surface area contributed by atoms with Gasteiger partial charge in [-0.2, -0.15) is 0 Å². The number of rotatable bonds is 7. The normalized spacial score (nSPS) is 10.6. The van der Waals surface area contributed by atoms with Crippen LogP contribution >= 0.6 is 0 Å². The van der Waals surface area contributed by atoms with Crippen LogP contribution < -0.4 is 5.32 Å². The molecule has 0 bridgehead atoms. The molecule has 0 atom stereocenters. The quantitative estimate of drug-likeness (QED) is 0.763. The zero-order valence-electron chi connectivity index (χ0n) is 15.5. The summed E-state index contributed by atoms with van der Waals surface area (Å²) in [6.45, 7) is 10.4. The van der Waals surface area contributed by atoms with Crippen LogP contribution in [0, 0.1) is 5.92 Å². The maximum atomic E-state index is 12.3. The van der Waals surface area contributed by atoms with Gasteiger partial charge in [-0.1, -0.05) is 57.7 Å². The zero-order valence-corrected chi connectivity index (χ0v) is 15.5. The molecule has 0 saturated heterocycles.